The predicted molar refractivity (Wildman–Crippen MR) is 74.0 cm³/mol. The predicted octanol–water partition coefficient (Wildman–Crippen LogP) is 4.05. The Morgan fingerprint density at radius 2 is 1.94 bits per heavy atom. The minimum atomic E-state index is -0.141. The molecule has 0 spiro atoms. The van der Waals surface area contributed by atoms with Gasteiger partial charge in [-0.3, -0.25) is 0 Å². The van der Waals surface area contributed by atoms with Crippen LogP contribution in [0.1, 0.15) is 43.7 Å². The maximum Gasteiger partial charge on any atom is 0.123 e. The summed E-state index contributed by atoms with van der Waals surface area (Å²) < 4.78 is 13.0. The van der Waals surface area contributed by atoms with Crippen LogP contribution < -0.4 is 5.32 Å². The van der Waals surface area contributed by atoms with Crippen molar-refractivity contribution in [2.24, 2.45) is 11.8 Å². The second kappa shape index (κ2) is 6.33. The van der Waals surface area contributed by atoms with Gasteiger partial charge in [0.05, 0.1) is 0 Å². The molecular weight excluding hydrogens is 225 g/mol. The van der Waals surface area contributed by atoms with E-state index in [1.165, 1.54) is 31.2 Å². The Bertz CT molecular complexity index is 381. The number of hydrogen-bond acceptors (Lipinski definition) is 1. The van der Waals surface area contributed by atoms with E-state index in [-0.39, 0.29) is 5.82 Å². The molecule has 1 fully saturated rings. The van der Waals surface area contributed by atoms with Crippen LogP contribution in [0, 0.1) is 24.6 Å². The van der Waals surface area contributed by atoms with Gasteiger partial charge in [0.2, 0.25) is 0 Å². The van der Waals surface area contributed by atoms with Crippen LogP contribution in [0.3, 0.4) is 0 Å². The number of rotatable bonds is 4. The van der Waals surface area contributed by atoms with Crippen molar-refractivity contribution < 1.29 is 4.39 Å². The van der Waals surface area contributed by atoms with E-state index in [2.05, 4.69) is 12.2 Å². The topological polar surface area (TPSA) is 12.0 Å². The van der Waals surface area contributed by atoms with Gasteiger partial charge in [0.15, 0.2) is 0 Å². The van der Waals surface area contributed by atoms with Gasteiger partial charge in [0.25, 0.3) is 0 Å². The molecule has 2 rings (SSSR count). The first-order valence-electron chi connectivity index (χ1n) is 7.11. The zero-order valence-corrected chi connectivity index (χ0v) is 11.5. The first-order chi connectivity index (χ1) is 8.65. The van der Waals surface area contributed by atoms with Gasteiger partial charge in [0, 0.05) is 6.54 Å². The molecule has 0 atom stereocenters. The van der Waals surface area contributed by atoms with E-state index < -0.39 is 0 Å². The summed E-state index contributed by atoms with van der Waals surface area (Å²) in [6, 6.07) is 5.05. The summed E-state index contributed by atoms with van der Waals surface area (Å²) in [4.78, 5) is 0. The lowest BCUT2D eigenvalue weighted by molar-refractivity contribution is 0.281. The van der Waals surface area contributed by atoms with Gasteiger partial charge in [-0.1, -0.05) is 25.8 Å². The second-order valence-corrected chi connectivity index (χ2v) is 5.83. The average molecular weight is 249 g/mol. The number of benzene rings is 1. The summed E-state index contributed by atoms with van der Waals surface area (Å²) in [5.41, 5.74) is 2.25. The van der Waals surface area contributed by atoms with E-state index >= 15 is 0 Å². The number of aryl methyl sites for hydroxylation is 1. The standard InChI is InChI=1S/C16H24FN/c1-12-3-5-14(6-4-12)10-18-11-15-7-8-16(17)9-13(15)2/h7-9,12,14,18H,3-6,10-11H2,1-2H3. The van der Waals surface area contributed by atoms with Gasteiger partial charge in [-0.05, 0) is 61.4 Å². The zero-order chi connectivity index (χ0) is 13.0. The Morgan fingerprint density at radius 1 is 1.22 bits per heavy atom. The van der Waals surface area contributed by atoms with Crippen LogP contribution in [0.5, 0.6) is 0 Å². The van der Waals surface area contributed by atoms with Crippen LogP contribution in [0.2, 0.25) is 0 Å². The monoisotopic (exact) mass is 249 g/mol. The van der Waals surface area contributed by atoms with Crippen molar-refractivity contribution in [1.82, 2.24) is 5.32 Å². The highest BCUT2D eigenvalue weighted by molar-refractivity contribution is 5.26. The molecule has 1 saturated carbocycles. The average Bonchev–Trinajstić information content (AvgIpc) is 2.34. The maximum atomic E-state index is 13.0. The summed E-state index contributed by atoms with van der Waals surface area (Å²) in [6.45, 7) is 6.29. The molecule has 0 aliphatic heterocycles. The molecule has 18 heavy (non-hydrogen) atoms. The molecule has 0 amide bonds. The van der Waals surface area contributed by atoms with Crippen LogP contribution in [-0.4, -0.2) is 6.54 Å². The molecular formula is C16H24FN. The Kier molecular flexibility index (Phi) is 4.76. The smallest absolute Gasteiger partial charge is 0.123 e. The molecule has 100 valence electrons. The van der Waals surface area contributed by atoms with Crippen molar-refractivity contribution in [2.45, 2.75) is 46.1 Å². The third-order valence-corrected chi connectivity index (χ3v) is 4.19. The molecule has 1 aliphatic rings. The quantitative estimate of drug-likeness (QED) is 0.849. The molecule has 1 N–H and O–H groups in total. The fraction of sp³-hybridized carbons (Fsp3) is 0.625. The first kappa shape index (κ1) is 13.5. The SMILES string of the molecule is Cc1cc(F)ccc1CNCC1CCC(C)CC1. The fourth-order valence-electron chi connectivity index (χ4n) is 2.80. The van der Waals surface area contributed by atoms with Crippen LogP contribution in [-0.2, 0) is 6.54 Å². The van der Waals surface area contributed by atoms with E-state index in [0.717, 1.165) is 30.5 Å². The molecule has 1 nitrogen and oxygen atoms in total. The van der Waals surface area contributed by atoms with E-state index in [4.69, 9.17) is 0 Å². The molecule has 0 heterocycles. The third kappa shape index (κ3) is 3.81. The fourth-order valence-corrected chi connectivity index (χ4v) is 2.80. The molecule has 2 heteroatoms. The number of hydrogen-bond donors (Lipinski definition) is 1. The van der Waals surface area contributed by atoms with Crippen molar-refractivity contribution >= 4 is 0 Å². The first-order valence-corrected chi connectivity index (χ1v) is 7.11. The summed E-state index contributed by atoms with van der Waals surface area (Å²) in [6.07, 6.45) is 5.47. The lowest BCUT2D eigenvalue weighted by Crippen LogP contribution is -2.26. The van der Waals surface area contributed by atoms with Crippen LogP contribution >= 0.6 is 0 Å². The van der Waals surface area contributed by atoms with E-state index in [1.807, 2.05) is 13.0 Å². The van der Waals surface area contributed by atoms with Crippen molar-refractivity contribution in [3.8, 4) is 0 Å². The highest BCUT2D eigenvalue weighted by Gasteiger charge is 2.17. The van der Waals surface area contributed by atoms with E-state index in [0.29, 0.717) is 0 Å². The molecule has 1 aromatic rings. The van der Waals surface area contributed by atoms with Crippen molar-refractivity contribution in [1.29, 1.82) is 0 Å². The summed E-state index contributed by atoms with van der Waals surface area (Å²) in [5.74, 6) is 1.61. The second-order valence-electron chi connectivity index (χ2n) is 5.83. The Labute approximate surface area is 110 Å². The van der Waals surface area contributed by atoms with Gasteiger partial charge in [-0.2, -0.15) is 0 Å². The van der Waals surface area contributed by atoms with Crippen LogP contribution in [0.15, 0.2) is 18.2 Å². The zero-order valence-electron chi connectivity index (χ0n) is 11.5. The number of nitrogens with one attached hydrogen (secondary N) is 1. The minimum absolute atomic E-state index is 0.141. The minimum Gasteiger partial charge on any atom is -0.312 e. The Hall–Kier alpha value is -0.890. The van der Waals surface area contributed by atoms with Gasteiger partial charge >= 0.3 is 0 Å². The molecule has 0 aromatic heterocycles. The Morgan fingerprint density at radius 3 is 2.61 bits per heavy atom. The van der Waals surface area contributed by atoms with Crippen molar-refractivity contribution in [3.63, 3.8) is 0 Å². The lowest BCUT2D eigenvalue weighted by Gasteiger charge is -2.26. The molecule has 0 bridgehead atoms. The molecule has 0 radical (unpaired) electrons. The van der Waals surface area contributed by atoms with Gasteiger partial charge in [-0.15, -0.1) is 0 Å². The summed E-state index contributed by atoms with van der Waals surface area (Å²) >= 11 is 0. The molecule has 1 aromatic carbocycles. The normalized spacial score (nSPS) is 24.2. The van der Waals surface area contributed by atoms with Crippen LogP contribution in [0.4, 0.5) is 4.39 Å². The maximum absolute atomic E-state index is 13.0. The van der Waals surface area contributed by atoms with E-state index in [9.17, 15) is 4.39 Å². The largest absolute Gasteiger partial charge is 0.312 e. The van der Waals surface area contributed by atoms with Crippen molar-refractivity contribution in [3.05, 3.63) is 35.1 Å². The highest BCUT2D eigenvalue weighted by atomic mass is 19.1. The van der Waals surface area contributed by atoms with Gasteiger partial charge in [-0.25, -0.2) is 4.39 Å². The summed E-state index contributed by atoms with van der Waals surface area (Å²) in [7, 11) is 0. The molecule has 0 unspecified atom stereocenters. The summed E-state index contributed by atoms with van der Waals surface area (Å²) in [5, 5.41) is 3.52. The van der Waals surface area contributed by atoms with Crippen molar-refractivity contribution in [2.75, 3.05) is 6.54 Å². The third-order valence-electron chi connectivity index (χ3n) is 4.19. The van der Waals surface area contributed by atoms with Gasteiger partial charge < -0.3 is 5.32 Å². The highest BCUT2D eigenvalue weighted by Crippen LogP contribution is 2.27. The molecule has 1 aliphatic carbocycles. The Balaban J connectivity index is 1.75. The molecule has 0 saturated heterocycles. The lowest BCUT2D eigenvalue weighted by atomic mass is 9.83. The van der Waals surface area contributed by atoms with Crippen LogP contribution in [0.25, 0.3) is 0 Å². The van der Waals surface area contributed by atoms with Gasteiger partial charge in [0.1, 0.15) is 5.82 Å². The van der Waals surface area contributed by atoms with E-state index in [1.54, 1.807) is 12.1 Å². The number of halogens is 1.